The van der Waals surface area contributed by atoms with E-state index in [1.807, 2.05) is 38.1 Å². The third kappa shape index (κ3) is 5.52. The van der Waals surface area contributed by atoms with E-state index in [0.29, 0.717) is 40.4 Å². The summed E-state index contributed by atoms with van der Waals surface area (Å²) in [5.74, 6) is -0.547. The summed E-state index contributed by atoms with van der Waals surface area (Å²) in [6.07, 6.45) is 1.44. The van der Waals surface area contributed by atoms with E-state index in [9.17, 15) is 14.4 Å². The first-order valence-electron chi connectivity index (χ1n) is 12.5. The molecule has 1 aliphatic heterocycles. The van der Waals surface area contributed by atoms with Crippen molar-refractivity contribution in [2.45, 2.75) is 20.5 Å². The summed E-state index contributed by atoms with van der Waals surface area (Å²) in [4.78, 5) is 39.7. The Hall–Kier alpha value is -3.95. The Balaban J connectivity index is 1.47. The van der Waals surface area contributed by atoms with E-state index in [1.54, 1.807) is 30.3 Å². The smallest absolute Gasteiger partial charge is 0.335 e. The summed E-state index contributed by atoms with van der Waals surface area (Å²) < 4.78 is 13.5. The quantitative estimate of drug-likeness (QED) is 0.166. The molecule has 0 saturated carbocycles. The number of hydrogen-bond acceptors (Lipinski definition) is 5. The topological polar surface area (TPSA) is 84.9 Å². The first-order chi connectivity index (χ1) is 19.3. The summed E-state index contributed by atoms with van der Waals surface area (Å²) in [5, 5.41) is 4.48. The molecule has 9 heteroatoms. The molecule has 0 unspecified atom stereocenters. The average molecular weight is 664 g/mol. The highest BCUT2D eigenvalue weighted by atomic mass is 79.9. The van der Waals surface area contributed by atoms with Gasteiger partial charge in [0.25, 0.3) is 11.8 Å². The molecular formula is C31H24Br2N2O5. The lowest BCUT2D eigenvalue weighted by molar-refractivity contribution is -0.122. The van der Waals surface area contributed by atoms with Crippen molar-refractivity contribution in [2.24, 2.45) is 0 Å². The molecule has 4 aromatic carbocycles. The van der Waals surface area contributed by atoms with Crippen LogP contribution in [0.25, 0.3) is 16.8 Å². The van der Waals surface area contributed by atoms with Crippen LogP contribution in [0.4, 0.5) is 10.5 Å². The van der Waals surface area contributed by atoms with Crippen molar-refractivity contribution in [1.29, 1.82) is 0 Å². The Labute approximate surface area is 248 Å². The monoisotopic (exact) mass is 662 g/mol. The van der Waals surface area contributed by atoms with E-state index in [2.05, 4.69) is 55.4 Å². The van der Waals surface area contributed by atoms with Gasteiger partial charge in [-0.1, -0.05) is 58.4 Å². The second kappa shape index (κ2) is 11.7. The van der Waals surface area contributed by atoms with Gasteiger partial charge in [0.15, 0.2) is 11.5 Å². The number of benzene rings is 4. The fourth-order valence-corrected chi connectivity index (χ4v) is 5.29. The molecule has 0 bridgehead atoms. The van der Waals surface area contributed by atoms with Crippen LogP contribution in [0, 0.1) is 6.92 Å². The van der Waals surface area contributed by atoms with E-state index < -0.39 is 17.8 Å². The predicted octanol–water partition coefficient (Wildman–Crippen LogP) is 7.32. The highest BCUT2D eigenvalue weighted by Gasteiger charge is 2.37. The number of aryl methyl sites for hydroxylation is 1. The molecule has 4 aromatic rings. The number of amides is 4. The molecule has 1 N–H and O–H groups in total. The molecule has 1 saturated heterocycles. The Bertz CT molecular complexity index is 1690. The number of fused-ring (bicyclic) bond motifs is 1. The molecule has 1 aliphatic rings. The van der Waals surface area contributed by atoms with Crippen LogP contribution in [-0.4, -0.2) is 24.5 Å². The van der Waals surface area contributed by atoms with Gasteiger partial charge in [-0.05, 0) is 93.6 Å². The molecule has 0 spiro atoms. The minimum atomic E-state index is -0.803. The van der Waals surface area contributed by atoms with Gasteiger partial charge < -0.3 is 9.47 Å². The number of nitrogens with zero attached hydrogens (tertiary/aromatic N) is 1. The standard InChI is InChI=1S/C31H24Br2N2O5/c1-3-39-27-16-19(15-26(33)28(27)40-17-21-9-6-8-20-7-4-5-10-23(20)21)14-24-29(36)34-31(38)35(30(24)37)22-11-12-25(32)18(2)13-22/h4-16H,3,17H2,1-2H3,(H,34,36,38)/b24-14+. The number of imide groups is 2. The van der Waals surface area contributed by atoms with Crippen molar-refractivity contribution in [3.05, 3.63) is 104 Å². The van der Waals surface area contributed by atoms with E-state index in [0.717, 1.165) is 31.3 Å². The van der Waals surface area contributed by atoms with Crippen LogP contribution in [0.3, 0.4) is 0 Å². The number of hydrogen-bond donors (Lipinski definition) is 1. The van der Waals surface area contributed by atoms with Crippen LogP contribution >= 0.6 is 31.9 Å². The lowest BCUT2D eigenvalue weighted by atomic mass is 10.1. The van der Waals surface area contributed by atoms with E-state index in [-0.39, 0.29) is 5.57 Å². The maximum Gasteiger partial charge on any atom is 0.335 e. The third-order valence-corrected chi connectivity index (χ3v) is 7.87. The Morgan fingerprint density at radius 1 is 0.900 bits per heavy atom. The van der Waals surface area contributed by atoms with Crippen LogP contribution in [0.2, 0.25) is 0 Å². The van der Waals surface area contributed by atoms with Crippen molar-refractivity contribution in [3.8, 4) is 11.5 Å². The summed E-state index contributed by atoms with van der Waals surface area (Å²) in [5.41, 5.74) is 2.56. The van der Waals surface area contributed by atoms with Gasteiger partial charge in [0.1, 0.15) is 12.2 Å². The van der Waals surface area contributed by atoms with Crippen molar-refractivity contribution in [1.82, 2.24) is 5.32 Å². The SMILES string of the molecule is CCOc1cc(/C=C2\C(=O)NC(=O)N(c3ccc(Br)c(C)c3)C2=O)cc(Br)c1OCc1cccc2ccccc12. The highest BCUT2D eigenvalue weighted by Crippen LogP contribution is 2.39. The highest BCUT2D eigenvalue weighted by molar-refractivity contribution is 9.10. The van der Waals surface area contributed by atoms with Gasteiger partial charge in [0.05, 0.1) is 16.8 Å². The van der Waals surface area contributed by atoms with E-state index in [4.69, 9.17) is 9.47 Å². The van der Waals surface area contributed by atoms with Crippen molar-refractivity contribution >= 4 is 72.2 Å². The van der Waals surface area contributed by atoms with Crippen LogP contribution in [0.1, 0.15) is 23.6 Å². The molecule has 40 heavy (non-hydrogen) atoms. The van der Waals surface area contributed by atoms with Gasteiger partial charge in [0, 0.05) is 4.47 Å². The van der Waals surface area contributed by atoms with Crippen LogP contribution in [0.15, 0.2) is 87.3 Å². The second-order valence-electron chi connectivity index (χ2n) is 9.08. The minimum absolute atomic E-state index is 0.182. The van der Waals surface area contributed by atoms with Gasteiger partial charge in [-0.25, -0.2) is 9.69 Å². The molecule has 1 heterocycles. The number of urea groups is 1. The normalized spacial score (nSPS) is 14.6. The fourth-order valence-electron chi connectivity index (χ4n) is 4.47. The molecule has 4 amide bonds. The molecule has 0 aliphatic carbocycles. The molecule has 7 nitrogen and oxygen atoms in total. The lowest BCUT2D eigenvalue weighted by Gasteiger charge is -2.26. The van der Waals surface area contributed by atoms with Crippen LogP contribution < -0.4 is 19.7 Å². The average Bonchev–Trinajstić information content (AvgIpc) is 2.92. The molecule has 0 radical (unpaired) electrons. The first-order valence-corrected chi connectivity index (χ1v) is 14.1. The zero-order valence-electron chi connectivity index (χ0n) is 21.7. The number of halogens is 2. The van der Waals surface area contributed by atoms with Gasteiger partial charge >= 0.3 is 6.03 Å². The number of carbonyl (C=O) groups is 3. The summed E-state index contributed by atoms with van der Waals surface area (Å²) in [6, 6.07) is 21.9. The van der Waals surface area contributed by atoms with Gasteiger partial charge in [0.2, 0.25) is 0 Å². The molecule has 1 fully saturated rings. The zero-order chi connectivity index (χ0) is 28.4. The maximum absolute atomic E-state index is 13.4. The minimum Gasteiger partial charge on any atom is -0.490 e. The summed E-state index contributed by atoms with van der Waals surface area (Å²) in [7, 11) is 0. The number of ether oxygens (including phenoxy) is 2. The van der Waals surface area contributed by atoms with Gasteiger partial charge in [-0.2, -0.15) is 0 Å². The number of anilines is 1. The van der Waals surface area contributed by atoms with Crippen LogP contribution in [-0.2, 0) is 16.2 Å². The Kier molecular flexibility index (Phi) is 8.04. The number of carbonyl (C=O) groups excluding carboxylic acids is 3. The van der Waals surface area contributed by atoms with Crippen LogP contribution in [0.5, 0.6) is 11.5 Å². The van der Waals surface area contributed by atoms with Crippen molar-refractivity contribution < 1.29 is 23.9 Å². The first kappa shape index (κ1) is 27.6. The number of rotatable bonds is 7. The Morgan fingerprint density at radius 2 is 1.68 bits per heavy atom. The third-order valence-electron chi connectivity index (χ3n) is 6.40. The van der Waals surface area contributed by atoms with Gasteiger partial charge in [-0.3, -0.25) is 14.9 Å². The summed E-state index contributed by atoms with van der Waals surface area (Å²) in [6.45, 7) is 4.39. The molecular weight excluding hydrogens is 640 g/mol. The molecule has 0 atom stereocenters. The largest absolute Gasteiger partial charge is 0.490 e. The lowest BCUT2D eigenvalue weighted by Crippen LogP contribution is -2.54. The number of barbiturate groups is 1. The second-order valence-corrected chi connectivity index (χ2v) is 10.8. The molecule has 0 aromatic heterocycles. The van der Waals surface area contributed by atoms with Crippen molar-refractivity contribution in [3.63, 3.8) is 0 Å². The number of nitrogens with one attached hydrogen (secondary N) is 1. The maximum atomic E-state index is 13.4. The van der Waals surface area contributed by atoms with E-state index >= 15 is 0 Å². The zero-order valence-corrected chi connectivity index (χ0v) is 24.8. The Morgan fingerprint density at radius 3 is 2.45 bits per heavy atom. The summed E-state index contributed by atoms with van der Waals surface area (Å²) >= 11 is 6.99. The molecule has 5 rings (SSSR count). The fraction of sp³-hybridized carbons (Fsp3) is 0.129. The predicted molar refractivity (Wildman–Crippen MR) is 161 cm³/mol. The van der Waals surface area contributed by atoms with Gasteiger partial charge in [-0.15, -0.1) is 0 Å². The molecule has 202 valence electrons. The van der Waals surface area contributed by atoms with Crippen molar-refractivity contribution in [2.75, 3.05) is 11.5 Å². The van der Waals surface area contributed by atoms with E-state index in [1.165, 1.54) is 6.08 Å².